The van der Waals surface area contributed by atoms with Crippen LogP contribution in [0.4, 0.5) is 4.79 Å². The van der Waals surface area contributed by atoms with Crippen molar-refractivity contribution in [2.45, 2.75) is 58.3 Å². The summed E-state index contributed by atoms with van der Waals surface area (Å²) in [5, 5.41) is 10.1. The normalized spacial score (nSPS) is 19.5. The number of nitrogens with zero attached hydrogens (tertiary/aromatic N) is 1. The topological polar surface area (TPSA) is 76.1 Å². The number of ether oxygens (including phenoxy) is 2. The monoisotopic (exact) mass is 297 g/mol. The average Bonchev–Trinajstić information content (AvgIpc) is 2.83. The molecule has 0 aromatic rings. The smallest absolute Gasteiger partial charge is 0.410 e. The molecule has 1 aliphatic heterocycles. The van der Waals surface area contributed by atoms with Crippen molar-refractivity contribution in [1.82, 2.24) is 4.90 Å². The molecule has 0 saturated carbocycles. The number of hydrogen-bond donors (Lipinski definition) is 1. The summed E-state index contributed by atoms with van der Waals surface area (Å²) in [7, 11) is 0. The van der Waals surface area contributed by atoms with Gasteiger partial charge in [0.1, 0.15) is 11.7 Å². The summed E-state index contributed by atoms with van der Waals surface area (Å²) in [5.74, 6) is 3.98. The maximum Gasteiger partial charge on any atom is 0.410 e. The molecular weight excluding hydrogens is 274 g/mol. The van der Waals surface area contributed by atoms with Gasteiger partial charge >= 0.3 is 12.1 Å². The summed E-state index contributed by atoms with van der Waals surface area (Å²) in [6.45, 7) is 7.78. The molecule has 0 aromatic heterocycles. The maximum atomic E-state index is 12.1. The van der Waals surface area contributed by atoms with Crippen molar-refractivity contribution in [1.29, 1.82) is 0 Å². The van der Waals surface area contributed by atoms with Gasteiger partial charge < -0.3 is 19.5 Å². The lowest BCUT2D eigenvalue weighted by molar-refractivity contribution is -0.136. The second-order valence-corrected chi connectivity index (χ2v) is 5.82. The van der Waals surface area contributed by atoms with E-state index >= 15 is 0 Å². The van der Waals surface area contributed by atoms with Crippen LogP contribution >= 0.6 is 0 Å². The number of carbonyl (C=O) groups is 2. The Bertz CT molecular complexity index is 443. The predicted octanol–water partition coefficient (Wildman–Crippen LogP) is 1.31. The molecule has 1 amide bonds. The summed E-state index contributed by atoms with van der Waals surface area (Å²) in [4.78, 5) is 24.7. The lowest BCUT2D eigenvalue weighted by Gasteiger charge is -2.29. The van der Waals surface area contributed by atoms with Crippen molar-refractivity contribution in [2.24, 2.45) is 0 Å². The van der Waals surface area contributed by atoms with Crippen LogP contribution in [0.15, 0.2) is 0 Å². The van der Waals surface area contributed by atoms with Gasteiger partial charge in [0.15, 0.2) is 0 Å². The molecular formula is C15H23NO5. The average molecular weight is 297 g/mol. The first-order chi connectivity index (χ1) is 9.74. The Labute approximate surface area is 125 Å². The van der Waals surface area contributed by atoms with E-state index in [4.69, 9.17) is 4.74 Å². The van der Waals surface area contributed by atoms with Crippen molar-refractivity contribution in [3.8, 4) is 11.8 Å². The molecule has 0 bridgehead atoms. The molecule has 1 aliphatic rings. The van der Waals surface area contributed by atoms with Gasteiger partial charge in [-0.3, -0.25) is 0 Å². The van der Waals surface area contributed by atoms with Gasteiger partial charge in [-0.05, 0) is 40.5 Å². The minimum absolute atomic E-state index is 0.233. The minimum Gasteiger partial charge on any atom is -0.456 e. The standard InChI is InChI=1S/C15H23NO5/c1-5-20-13(18)9-8-12(17)11-7-6-10-16(11)14(19)21-15(2,3)4/h11-12,17H,5-7,10H2,1-4H3/t11-,12-/m0/s1. The zero-order valence-electron chi connectivity index (χ0n) is 13.0. The second-order valence-electron chi connectivity index (χ2n) is 5.82. The fraction of sp³-hybridized carbons (Fsp3) is 0.733. The van der Waals surface area contributed by atoms with Crippen LogP contribution in [0.5, 0.6) is 0 Å². The summed E-state index contributed by atoms with van der Waals surface area (Å²) in [6.07, 6.45) is -0.175. The number of aliphatic hydroxyl groups is 1. The molecule has 0 aromatic carbocycles. The lowest BCUT2D eigenvalue weighted by Crippen LogP contribution is -2.44. The molecule has 21 heavy (non-hydrogen) atoms. The predicted molar refractivity (Wildman–Crippen MR) is 76.4 cm³/mol. The first kappa shape index (κ1) is 17.3. The Kier molecular flexibility index (Phi) is 6.03. The number of esters is 1. The molecule has 6 nitrogen and oxygen atoms in total. The van der Waals surface area contributed by atoms with Crippen LogP contribution in [0, 0.1) is 11.8 Å². The molecule has 2 atom stereocenters. The van der Waals surface area contributed by atoms with Crippen LogP contribution in [0.3, 0.4) is 0 Å². The van der Waals surface area contributed by atoms with Gasteiger partial charge in [-0.25, -0.2) is 9.59 Å². The quantitative estimate of drug-likeness (QED) is 0.472. The van der Waals surface area contributed by atoms with Crippen molar-refractivity contribution in [3.63, 3.8) is 0 Å². The van der Waals surface area contributed by atoms with Crippen LogP contribution in [0.2, 0.25) is 0 Å². The van der Waals surface area contributed by atoms with Crippen LogP contribution in [-0.2, 0) is 14.3 Å². The highest BCUT2D eigenvalue weighted by molar-refractivity contribution is 5.88. The molecule has 0 radical (unpaired) electrons. The Morgan fingerprint density at radius 3 is 2.67 bits per heavy atom. The summed E-state index contributed by atoms with van der Waals surface area (Å²) < 4.78 is 9.97. The molecule has 1 fully saturated rings. The number of aliphatic hydroxyl groups excluding tert-OH is 1. The summed E-state index contributed by atoms with van der Waals surface area (Å²) in [5.41, 5.74) is -0.591. The molecule has 1 N–H and O–H groups in total. The molecule has 1 heterocycles. The third-order valence-corrected chi connectivity index (χ3v) is 2.89. The molecule has 0 unspecified atom stereocenters. The van der Waals surface area contributed by atoms with Gasteiger partial charge in [-0.1, -0.05) is 5.92 Å². The zero-order valence-corrected chi connectivity index (χ0v) is 13.0. The summed E-state index contributed by atoms with van der Waals surface area (Å²) >= 11 is 0. The van der Waals surface area contributed by atoms with Gasteiger partial charge in [-0.2, -0.15) is 0 Å². The first-order valence-electron chi connectivity index (χ1n) is 7.10. The van der Waals surface area contributed by atoms with Crippen LogP contribution < -0.4 is 0 Å². The molecule has 1 rings (SSSR count). The van der Waals surface area contributed by atoms with E-state index in [-0.39, 0.29) is 6.61 Å². The highest BCUT2D eigenvalue weighted by atomic mass is 16.6. The minimum atomic E-state index is -1.09. The van der Waals surface area contributed by atoms with Crippen molar-refractivity contribution in [2.75, 3.05) is 13.2 Å². The van der Waals surface area contributed by atoms with E-state index in [1.807, 2.05) is 0 Å². The number of rotatable bonds is 2. The van der Waals surface area contributed by atoms with Crippen molar-refractivity contribution < 1.29 is 24.2 Å². The molecule has 6 heteroatoms. The SMILES string of the molecule is CCOC(=O)C#C[C@H](O)[C@@H]1CCCN1C(=O)OC(C)(C)C. The summed E-state index contributed by atoms with van der Waals surface area (Å²) in [6, 6.07) is -0.457. The Balaban J connectivity index is 2.68. The van der Waals surface area contributed by atoms with E-state index in [9.17, 15) is 14.7 Å². The molecule has 118 valence electrons. The van der Waals surface area contributed by atoms with Gasteiger partial charge in [0.25, 0.3) is 0 Å². The fourth-order valence-corrected chi connectivity index (χ4v) is 2.06. The lowest BCUT2D eigenvalue weighted by atomic mass is 10.1. The van der Waals surface area contributed by atoms with Gasteiger partial charge in [0, 0.05) is 12.5 Å². The van der Waals surface area contributed by atoms with E-state index in [2.05, 4.69) is 16.6 Å². The van der Waals surface area contributed by atoms with E-state index in [0.717, 1.165) is 6.42 Å². The highest BCUT2D eigenvalue weighted by Crippen LogP contribution is 2.23. The Morgan fingerprint density at radius 2 is 2.10 bits per heavy atom. The molecule has 0 spiro atoms. The molecule has 0 aliphatic carbocycles. The van der Waals surface area contributed by atoms with Crippen LogP contribution in [0.1, 0.15) is 40.5 Å². The van der Waals surface area contributed by atoms with E-state index in [1.54, 1.807) is 27.7 Å². The third-order valence-electron chi connectivity index (χ3n) is 2.89. The van der Waals surface area contributed by atoms with Crippen molar-refractivity contribution >= 4 is 12.1 Å². The Hall–Kier alpha value is -1.74. The van der Waals surface area contributed by atoms with Crippen LogP contribution in [-0.4, -0.2) is 53.0 Å². The molecule has 1 saturated heterocycles. The number of hydrogen-bond acceptors (Lipinski definition) is 5. The number of amides is 1. The van der Waals surface area contributed by atoms with E-state index in [1.165, 1.54) is 4.90 Å². The van der Waals surface area contributed by atoms with Gasteiger partial charge in [-0.15, -0.1) is 0 Å². The van der Waals surface area contributed by atoms with Gasteiger partial charge in [0.05, 0.1) is 12.6 Å². The maximum absolute atomic E-state index is 12.1. The van der Waals surface area contributed by atoms with E-state index in [0.29, 0.717) is 13.0 Å². The van der Waals surface area contributed by atoms with Gasteiger partial charge in [0.2, 0.25) is 0 Å². The van der Waals surface area contributed by atoms with Crippen molar-refractivity contribution in [3.05, 3.63) is 0 Å². The zero-order chi connectivity index (χ0) is 16.0. The second kappa shape index (κ2) is 7.32. The largest absolute Gasteiger partial charge is 0.456 e. The Morgan fingerprint density at radius 1 is 1.43 bits per heavy atom. The first-order valence-corrected chi connectivity index (χ1v) is 7.10. The third kappa shape index (κ3) is 5.64. The number of carbonyl (C=O) groups excluding carboxylic acids is 2. The number of likely N-dealkylation sites (tertiary alicyclic amines) is 1. The van der Waals surface area contributed by atoms with E-state index < -0.39 is 29.8 Å². The fourth-order valence-electron chi connectivity index (χ4n) is 2.06. The highest BCUT2D eigenvalue weighted by Gasteiger charge is 2.35. The van der Waals surface area contributed by atoms with Crippen LogP contribution in [0.25, 0.3) is 0 Å².